The Morgan fingerprint density at radius 2 is 2.00 bits per heavy atom. The molecule has 0 aromatic heterocycles. The van der Waals surface area contributed by atoms with Crippen molar-refractivity contribution < 1.29 is 13.2 Å². The van der Waals surface area contributed by atoms with Gasteiger partial charge in [0, 0.05) is 19.1 Å². The highest BCUT2D eigenvalue weighted by Crippen LogP contribution is 2.21. The lowest BCUT2D eigenvalue weighted by atomic mass is 10.1. The minimum Gasteiger partial charge on any atom is -0.376 e. The van der Waals surface area contributed by atoms with Gasteiger partial charge in [0.25, 0.3) is 0 Å². The summed E-state index contributed by atoms with van der Waals surface area (Å²) >= 11 is 0. The zero-order valence-electron chi connectivity index (χ0n) is 12.2. The van der Waals surface area contributed by atoms with Crippen LogP contribution in [0.4, 0.5) is 0 Å². The second-order valence-electron chi connectivity index (χ2n) is 5.12. The van der Waals surface area contributed by atoms with Crippen LogP contribution in [0.25, 0.3) is 0 Å². The molecular formula is C14H22N2O3S. The summed E-state index contributed by atoms with van der Waals surface area (Å²) in [6, 6.07) is 7.28. The van der Waals surface area contributed by atoms with Crippen molar-refractivity contribution in [1.29, 1.82) is 0 Å². The van der Waals surface area contributed by atoms with Crippen molar-refractivity contribution in [2.45, 2.75) is 30.9 Å². The smallest absolute Gasteiger partial charge is 0.243 e. The number of rotatable bonds is 4. The monoisotopic (exact) mass is 298 g/mol. The van der Waals surface area contributed by atoms with Gasteiger partial charge in [-0.05, 0) is 38.6 Å². The first-order valence-corrected chi connectivity index (χ1v) is 8.28. The molecule has 1 aromatic rings. The van der Waals surface area contributed by atoms with Crippen LogP contribution in [0.15, 0.2) is 29.2 Å². The van der Waals surface area contributed by atoms with E-state index in [0.717, 1.165) is 5.56 Å². The second kappa shape index (κ2) is 6.22. The zero-order valence-corrected chi connectivity index (χ0v) is 13.0. The average Bonchev–Trinajstić information content (AvgIpc) is 2.46. The van der Waals surface area contributed by atoms with Gasteiger partial charge in [0.15, 0.2) is 0 Å². The SMILES string of the molecule is CNC(C)c1ccc(S(=O)(=O)N2CCOC(C)C2)cc1. The molecule has 1 aromatic carbocycles. The summed E-state index contributed by atoms with van der Waals surface area (Å²) in [6.45, 7) is 5.21. The first-order chi connectivity index (χ1) is 9.45. The normalized spacial score (nSPS) is 22.6. The van der Waals surface area contributed by atoms with Gasteiger partial charge >= 0.3 is 0 Å². The molecule has 1 saturated heterocycles. The largest absolute Gasteiger partial charge is 0.376 e. The van der Waals surface area contributed by atoms with E-state index in [1.165, 1.54) is 4.31 Å². The molecule has 2 atom stereocenters. The van der Waals surface area contributed by atoms with E-state index in [4.69, 9.17) is 4.74 Å². The van der Waals surface area contributed by atoms with Crippen molar-refractivity contribution in [1.82, 2.24) is 9.62 Å². The molecule has 2 unspecified atom stereocenters. The van der Waals surface area contributed by atoms with Crippen molar-refractivity contribution >= 4 is 10.0 Å². The van der Waals surface area contributed by atoms with Crippen molar-refractivity contribution in [3.05, 3.63) is 29.8 Å². The van der Waals surface area contributed by atoms with Crippen molar-refractivity contribution in [3.63, 3.8) is 0 Å². The highest BCUT2D eigenvalue weighted by Gasteiger charge is 2.28. The molecule has 1 aliphatic rings. The molecule has 1 heterocycles. The van der Waals surface area contributed by atoms with Crippen LogP contribution in [-0.2, 0) is 14.8 Å². The Balaban J connectivity index is 2.21. The van der Waals surface area contributed by atoms with Crippen LogP contribution in [-0.4, -0.2) is 45.6 Å². The van der Waals surface area contributed by atoms with Gasteiger partial charge in [0.1, 0.15) is 0 Å². The van der Waals surface area contributed by atoms with E-state index in [2.05, 4.69) is 5.32 Å². The number of nitrogens with one attached hydrogen (secondary N) is 1. The number of nitrogens with zero attached hydrogens (tertiary/aromatic N) is 1. The predicted molar refractivity (Wildman–Crippen MR) is 78.1 cm³/mol. The number of benzene rings is 1. The Kier molecular flexibility index (Phi) is 4.80. The summed E-state index contributed by atoms with van der Waals surface area (Å²) in [5, 5.41) is 3.13. The van der Waals surface area contributed by atoms with Gasteiger partial charge in [0.2, 0.25) is 10.0 Å². The van der Waals surface area contributed by atoms with Crippen LogP contribution in [0.2, 0.25) is 0 Å². The van der Waals surface area contributed by atoms with E-state index < -0.39 is 10.0 Å². The third kappa shape index (κ3) is 3.20. The molecular weight excluding hydrogens is 276 g/mol. The number of ether oxygens (including phenoxy) is 1. The Hall–Kier alpha value is -0.950. The molecule has 112 valence electrons. The Bertz CT molecular complexity index is 542. The molecule has 6 heteroatoms. The van der Waals surface area contributed by atoms with Crippen LogP contribution >= 0.6 is 0 Å². The fraction of sp³-hybridized carbons (Fsp3) is 0.571. The summed E-state index contributed by atoms with van der Waals surface area (Å²) in [5.74, 6) is 0. The van der Waals surface area contributed by atoms with E-state index in [-0.39, 0.29) is 12.1 Å². The predicted octanol–water partition coefficient (Wildman–Crippen LogP) is 1.38. The fourth-order valence-corrected chi connectivity index (χ4v) is 3.75. The van der Waals surface area contributed by atoms with Crippen molar-refractivity contribution in [3.8, 4) is 0 Å². The summed E-state index contributed by atoms with van der Waals surface area (Å²) in [5.41, 5.74) is 1.07. The lowest BCUT2D eigenvalue weighted by molar-refractivity contribution is 0.0102. The third-order valence-corrected chi connectivity index (χ3v) is 5.53. The molecule has 1 N–H and O–H groups in total. The van der Waals surface area contributed by atoms with Gasteiger partial charge in [-0.25, -0.2) is 8.42 Å². The molecule has 1 fully saturated rings. The molecule has 0 aliphatic carbocycles. The molecule has 20 heavy (non-hydrogen) atoms. The molecule has 0 spiro atoms. The van der Waals surface area contributed by atoms with Gasteiger partial charge in [-0.15, -0.1) is 0 Å². The first-order valence-electron chi connectivity index (χ1n) is 6.84. The van der Waals surface area contributed by atoms with Gasteiger partial charge in [-0.1, -0.05) is 12.1 Å². The molecule has 5 nitrogen and oxygen atoms in total. The van der Waals surface area contributed by atoms with E-state index >= 15 is 0 Å². The highest BCUT2D eigenvalue weighted by atomic mass is 32.2. The lowest BCUT2D eigenvalue weighted by Gasteiger charge is -2.30. The molecule has 0 saturated carbocycles. The maximum Gasteiger partial charge on any atom is 0.243 e. The number of hydrogen-bond acceptors (Lipinski definition) is 4. The molecule has 0 amide bonds. The summed E-state index contributed by atoms with van der Waals surface area (Å²) in [6.07, 6.45) is -0.0536. The Morgan fingerprint density at radius 1 is 1.35 bits per heavy atom. The van der Waals surface area contributed by atoms with Gasteiger partial charge < -0.3 is 10.1 Å². The minimum absolute atomic E-state index is 0.0536. The molecule has 2 rings (SSSR count). The average molecular weight is 298 g/mol. The number of hydrogen-bond donors (Lipinski definition) is 1. The topological polar surface area (TPSA) is 58.6 Å². The molecule has 0 bridgehead atoms. The van der Waals surface area contributed by atoms with Crippen LogP contribution in [0.5, 0.6) is 0 Å². The highest BCUT2D eigenvalue weighted by molar-refractivity contribution is 7.89. The van der Waals surface area contributed by atoms with Gasteiger partial charge in [0.05, 0.1) is 17.6 Å². The zero-order chi connectivity index (χ0) is 14.8. The quantitative estimate of drug-likeness (QED) is 0.912. The van der Waals surface area contributed by atoms with Crippen LogP contribution < -0.4 is 5.32 Å². The second-order valence-corrected chi connectivity index (χ2v) is 7.06. The molecule has 1 aliphatic heterocycles. The standard InChI is InChI=1S/C14H22N2O3S/c1-11-10-16(8-9-19-11)20(17,18)14-6-4-13(5-7-14)12(2)15-3/h4-7,11-12,15H,8-10H2,1-3H3. The van der Waals surface area contributed by atoms with Gasteiger partial charge in [-0.2, -0.15) is 4.31 Å². The minimum atomic E-state index is -3.41. The van der Waals surface area contributed by atoms with Gasteiger partial charge in [-0.3, -0.25) is 0 Å². The summed E-state index contributed by atoms with van der Waals surface area (Å²) in [4.78, 5) is 0.346. The van der Waals surface area contributed by atoms with E-state index in [9.17, 15) is 8.42 Å². The lowest BCUT2D eigenvalue weighted by Crippen LogP contribution is -2.44. The summed E-state index contributed by atoms with van der Waals surface area (Å²) < 4.78 is 32.0. The maximum atomic E-state index is 12.5. The summed E-state index contributed by atoms with van der Waals surface area (Å²) in [7, 11) is -1.53. The maximum absolute atomic E-state index is 12.5. The fourth-order valence-electron chi connectivity index (χ4n) is 2.25. The van der Waals surface area contributed by atoms with E-state index in [1.807, 2.05) is 33.0 Å². The number of morpholine rings is 1. The first kappa shape index (κ1) is 15.4. The van der Waals surface area contributed by atoms with Crippen molar-refractivity contribution in [2.24, 2.45) is 0 Å². The Morgan fingerprint density at radius 3 is 2.55 bits per heavy atom. The van der Waals surface area contributed by atoms with E-state index in [1.54, 1.807) is 12.1 Å². The molecule has 0 radical (unpaired) electrons. The van der Waals surface area contributed by atoms with Crippen LogP contribution in [0.1, 0.15) is 25.5 Å². The van der Waals surface area contributed by atoms with Crippen LogP contribution in [0.3, 0.4) is 0 Å². The third-order valence-electron chi connectivity index (χ3n) is 3.65. The van der Waals surface area contributed by atoms with Crippen LogP contribution in [0, 0.1) is 0 Å². The van der Waals surface area contributed by atoms with E-state index in [0.29, 0.717) is 24.6 Å². The Labute approximate surface area is 121 Å². The van der Waals surface area contributed by atoms with Crippen molar-refractivity contribution in [2.75, 3.05) is 26.7 Å². The number of sulfonamides is 1.